The second kappa shape index (κ2) is 6.65. The Hall–Kier alpha value is -2.28. The summed E-state index contributed by atoms with van der Waals surface area (Å²) in [6.07, 6.45) is -0.601. The SMILES string of the molecule is C[C@H](OC(=O)c1ccc(Br)c([N+](=O)[O-])c1)c1ccc(F)cc1. The Kier molecular flexibility index (Phi) is 4.87. The van der Waals surface area contributed by atoms with E-state index < -0.39 is 17.0 Å². The number of nitro groups is 1. The van der Waals surface area contributed by atoms with Crippen LogP contribution in [0.2, 0.25) is 0 Å². The second-order valence-electron chi connectivity index (χ2n) is 4.52. The molecule has 2 rings (SSSR count). The maximum Gasteiger partial charge on any atom is 0.338 e. The van der Waals surface area contributed by atoms with Crippen molar-refractivity contribution in [1.82, 2.24) is 0 Å². The van der Waals surface area contributed by atoms with Gasteiger partial charge >= 0.3 is 5.97 Å². The summed E-state index contributed by atoms with van der Waals surface area (Å²) in [5.41, 5.74) is 0.481. The van der Waals surface area contributed by atoms with Gasteiger partial charge in [0.05, 0.1) is 15.0 Å². The van der Waals surface area contributed by atoms with Crippen molar-refractivity contribution in [1.29, 1.82) is 0 Å². The van der Waals surface area contributed by atoms with Crippen LogP contribution in [-0.4, -0.2) is 10.9 Å². The Balaban J connectivity index is 2.16. The van der Waals surface area contributed by atoms with Crippen molar-refractivity contribution in [3.05, 3.63) is 74.0 Å². The van der Waals surface area contributed by atoms with Gasteiger partial charge in [0, 0.05) is 6.07 Å². The Morgan fingerprint density at radius 1 is 1.27 bits per heavy atom. The van der Waals surface area contributed by atoms with E-state index in [2.05, 4.69) is 15.9 Å². The number of hydrogen-bond acceptors (Lipinski definition) is 4. The zero-order valence-corrected chi connectivity index (χ0v) is 13.0. The molecule has 0 aliphatic rings. The topological polar surface area (TPSA) is 69.4 Å². The molecule has 0 aliphatic heterocycles. The number of hydrogen-bond donors (Lipinski definition) is 0. The monoisotopic (exact) mass is 367 g/mol. The van der Waals surface area contributed by atoms with Crippen LogP contribution in [0.3, 0.4) is 0 Å². The Labute approximate surface area is 134 Å². The predicted molar refractivity (Wildman–Crippen MR) is 81.0 cm³/mol. The summed E-state index contributed by atoms with van der Waals surface area (Å²) in [4.78, 5) is 22.3. The molecule has 7 heteroatoms. The molecule has 0 unspecified atom stereocenters. The minimum absolute atomic E-state index is 0.0730. The fourth-order valence-electron chi connectivity index (χ4n) is 1.81. The molecule has 2 aromatic rings. The Bertz CT molecular complexity index is 718. The van der Waals surface area contributed by atoms with Crippen molar-refractivity contribution in [2.24, 2.45) is 0 Å². The van der Waals surface area contributed by atoms with Gasteiger partial charge in [0.15, 0.2) is 0 Å². The van der Waals surface area contributed by atoms with Crippen molar-refractivity contribution >= 4 is 27.6 Å². The molecule has 0 N–H and O–H groups in total. The van der Waals surface area contributed by atoms with Crippen molar-refractivity contribution in [2.75, 3.05) is 0 Å². The largest absolute Gasteiger partial charge is 0.454 e. The van der Waals surface area contributed by atoms with Crippen LogP contribution in [0.1, 0.15) is 28.9 Å². The second-order valence-corrected chi connectivity index (χ2v) is 5.38. The van der Waals surface area contributed by atoms with Gasteiger partial charge in [0.25, 0.3) is 5.69 Å². The summed E-state index contributed by atoms with van der Waals surface area (Å²) < 4.78 is 18.4. The van der Waals surface area contributed by atoms with Gasteiger partial charge in [0.2, 0.25) is 0 Å². The summed E-state index contributed by atoms with van der Waals surface area (Å²) in [5, 5.41) is 10.9. The number of ether oxygens (including phenoxy) is 1. The molecule has 0 aromatic heterocycles. The van der Waals surface area contributed by atoms with E-state index in [1.54, 1.807) is 6.92 Å². The lowest BCUT2D eigenvalue weighted by atomic mass is 10.1. The van der Waals surface area contributed by atoms with E-state index >= 15 is 0 Å². The fourth-order valence-corrected chi connectivity index (χ4v) is 2.20. The van der Waals surface area contributed by atoms with E-state index in [-0.39, 0.29) is 21.5 Å². The third-order valence-corrected chi connectivity index (χ3v) is 3.67. The lowest BCUT2D eigenvalue weighted by molar-refractivity contribution is -0.385. The molecule has 0 radical (unpaired) electrons. The number of carbonyl (C=O) groups excluding carboxylic acids is 1. The quantitative estimate of drug-likeness (QED) is 0.455. The average Bonchev–Trinajstić information content (AvgIpc) is 2.47. The smallest absolute Gasteiger partial charge is 0.338 e. The molecule has 114 valence electrons. The minimum atomic E-state index is -0.688. The lowest BCUT2D eigenvalue weighted by Gasteiger charge is -2.13. The van der Waals surface area contributed by atoms with Gasteiger partial charge in [-0.25, -0.2) is 9.18 Å². The molecule has 5 nitrogen and oxygen atoms in total. The molecule has 0 heterocycles. The molecule has 2 aromatic carbocycles. The highest BCUT2D eigenvalue weighted by Gasteiger charge is 2.19. The zero-order valence-electron chi connectivity index (χ0n) is 11.5. The molecule has 0 spiro atoms. The number of nitro benzene ring substituents is 1. The summed E-state index contributed by atoms with van der Waals surface area (Å²) >= 11 is 3.05. The highest BCUT2D eigenvalue weighted by atomic mass is 79.9. The summed E-state index contributed by atoms with van der Waals surface area (Å²) in [7, 11) is 0. The normalized spacial score (nSPS) is 11.8. The standard InChI is InChI=1S/C15H11BrFNO4/c1-9(10-2-5-12(17)6-3-10)22-15(19)11-4-7-13(16)14(8-11)18(20)21/h2-9H,1H3/t9-/m0/s1. The first-order valence-electron chi connectivity index (χ1n) is 6.29. The molecule has 0 saturated heterocycles. The van der Waals surface area contributed by atoms with Gasteiger partial charge in [-0.1, -0.05) is 12.1 Å². The number of benzene rings is 2. The molecule has 22 heavy (non-hydrogen) atoms. The van der Waals surface area contributed by atoms with Crippen LogP contribution >= 0.6 is 15.9 Å². The third-order valence-electron chi connectivity index (χ3n) is 3.00. The Morgan fingerprint density at radius 3 is 2.50 bits per heavy atom. The van der Waals surface area contributed by atoms with Crippen molar-refractivity contribution in [3.8, 4) is 0 Å². The van der Waals surface area contributed by atoms with Crippen molar-refractivity contribution in [3.63, 3.8) is 0 Å². The highest BCUT2D eigenvalue weighted by Crippen LogP contribution is 2.27. The molecule has 1 atom stereocenters. The van der Waals surface area contributed by atoms with Gasteiger partial charge in [-0.15, -0.1) is 0 Å². The molecule has 0 bridgehead atoms. The first-order valence-corrected chi connectivity index (χ1v) is 7.08. The molecule has 0 saturated carbocycles. The highest BCUT2D eigenvalue weighted by molar-refractivity contribution is 9.10. The number of halogens is 2. The van der Waals surface area contributed by atoms with Crippen LogP contribution < -0.4 is 0 Å². The third kappa shape index (κ3) is 3.67. The first-order chi connectivity index (χ1) is 10.4. The van der Waals surface area contributed by atoms with E-state index in [1.165, 1.54) is 36.4 Å². The predicted octanol–water partition coefficient (Wildman–Crippen LogP) is 4.41. The van der Waals surface area contributed by atoms with Crippen LogP contribution in [0.5, 0.6) is 0 Å². The number of esters is 1. The molecule has 0 fully saturated rings. The fraction of sp³-hybridized carbons (Fsp3) is 0.133. The van der Waals surface area contributed by atoms with E-state index in [4.69, 9.17) is 4.74 Å². The van der Waals surface area contributed by atoms with Crippen molar-refractivity contribution in [2.45, 2.75) is 13.0 Å². The van der Waals surface area contributed by atoms with E-state index in [0.717, 1.165) is 6.07 Å². The average molecular weight is 368 g/mol. The van der Waals surface area contributed by atoms with Gasteiger partial charge in [0.1, 0.15) is 11.9 Å². The van der Waals surface area contributed by atoms with E-state index in [9.17, 15) is 19.3 Å². The maximum absolute atomic E-state index is 12.9. The number of nitrogens with zero attached hydrogens (tertiary/aromatic N) is 1. The maximum atomic E-state index is 12.9. The van der Waals surface area contributed by atoms with Crippen LogP contribution in [-0.2, 0) is 4.74 Å². The lowest BCUT2D eigenvalue weighted by Crippen LogP contribution is -2.09. The van der Waals surface area contributed by atoms with E-state index in [1.807, 2.05) is 0 Å². The summed E-state index contributed by atoms with van der Waals surface area (Å²) in [5.74, 6) is -1.07. The molecular formula is C15H11BrFNO4. The van der Waals surface area contributed by atoms with Gasteiger partial charge in [-0.05, 0) is 52.7 Å². The molecule has 0 aliphatic carbocycles. The molecule has 0 amide bonds. The first kappa shape index (κ1) is 16.1. The van der Waals surface area contributed by atoms with Crippen molar-refractivity contribution < 1.29 is 18.8 Å². The number of rotatable bonds is 4. The summed E-state index contributed by atoms with van der Waals surface area (Å²) in [6.45, 7) is 1.64. The molecular weight excluding hydrogens is 357 g/mol. The van der Waals surface area contributed by atoms with Gasteiger partial charge in [-0.2, -0.15) is 0 Å². The van der Waals surface area contributed by atoms with Gasteiger partial charge in [-0.3, -0.25) is 10.1 Å². The number of carbonyl (C=O) groups is 1. The van der Waals surface area contributed by atoms with Crippen LogP contribution in [0.25, 0.3) is 0 Å². The zero-order chi connectivity index (χ0) is 16.3. The minimum Gasteiger partial charge on any atom is -0.454 e. The van der Waals surface area contributed by atoms with Crippen LogP contribution in [0, 0.1) is 15.9 Å². The van der Waals surface area contributed by atoms with Crippen LogP contribution in [0.4, 0.5) is 10.1 Å². The summed E-state index contributed by atoms with van der Waals surface area (Å²) in [6, 6.07) is 9.54. The van der Waals surface area contributed by atoms with Crippen LogP contribution in [0.15, 0.2) is 46.9 Å². The van der Waals surface area contributed by atoms with E-state index in [0.29, 0.717) is 5.56 Å². The van der Waals surface area contributed by atoms with Gasteiger partial charge < -0.3 is 4.74 Å². The Morgan fingerprint density at radius 2 is 1.91 bits per heavy atom.